The molecule has 5 rings (SSSR count). The van der Waals surface area contributed by atoms with Crippen LogP contribution in [0.2, 0.25) is 0 Å². The molecular formula is C23H16BrNO5. The van der Waals surface area contributed by atoms with Crippen molar-refractivity contribution >= 4 is 32.8 Å². The van der Waals surface area contributed by atoms with E-state index in [1.807, 2.05) is 24.3 Å². The minimum atomic E-state index is -0.594. The van der Waals surface area contributed by atoms with Gasteiger partial charge in [-0.15, -0.1) is 0 Å². The van der Waals surface area contributed by atoms with Gasteiger partial charge in [0.25, 0.3) is 5.91 Å². The van der Waals surface area contributed by atoms with Gasteiger partial charge >= 0.3 is 0 Å². The number of halogens is 1. The van der Waals surface area contributed by atoms with Gasteiger partial charge in [-0.25, -0.2) is 0 Å². The van der Waals surface area contributed by atoms with E-state index in [9.17, 15) is 9.59 Å². The summed E-state index contributed by atoms with van der Waals surface area (Å²) in [4.78, 5) is 28.4. The number of hydrogen-bond donors (Lipinski definition) is 0. The van der Waals surface area contributed by atoms with Gasteiger partial charge in [-0.1, -0.05) is 28.1 Å². The van der Waals surface area contributed by atoms with Gasteiger partial charge in [-0.2, -0.15) is 0 Å². The first-order valence-corrected chi connectivity index (χ1v) is 10.1. The molecule has 0 aliphatic carbocycles. The fourth-order valence-corrected chi connectivity index (χ4v) is 4.22. The van der Waals surface area contributed by atoms with E-state index >= 15 is 0 Å². The summed E-state index contributed by atoms with van der Waals surface area (Å²) in [5.74, 6) is 1.04. The van der Waals surface area contributed by atoms with Crippen molar-refractivity contribution in [2.75, 3.05) is 7.11 Å². The van der Waals surface area contributed by atoms with Crippen LogP contribution in [0.1, 0.15) is 33.5 Å². The number of amides is 1. The summed E-state index contributed by atoms with van der Waals surface area (Å²) in [7, 11) is 1.59. The average molecular weight is 466 g/mol. The Labute approximate surface area is 179 Å². The van der Waals surface area contributed by atoms with E-state index in [0.29, 0.717) is 28.0 Å². The maximum Gasteiger partial charge on any atom is 0.291 e. The van der Waals surface area contributed by atoms with Crippen LogP contribution in [0.15, 0.2) is 79.0 Å². The molecule has 0 saturated heterocycles. The minimum absolute atomic E-state index is 0.0715. The molecule has 0 bridgehead atoms. The summed E-state index contributed by atoms with van der Waals surface area (Å²) < 4.78 is 17.4. The first-order chi connectivity index (χ1) is 14.6. The molecule has 0 unspecified atom stereocenters. The van der Waals surface area contributed by atoms with E-state index in [2.05, 4.69) is 15.9 Å². The molecular weight excluding hydrogens is 450 g/mol. The summed E-state index contributed by atoms with van der Waals surface area (Å²) >= 11 is 3.40. The predicted octanol–water partition coefficient (Wildman–Crippen LogP) is 4.90. The van der Waals surface area contributed by atoms with Crippen LogP contribution in [0.4, 0.5) is 0 Å². The summed E-state index contributed by atoms with van der Waals surface area (Å²) in [6.45, 7) is 0.214. The highest BCUT2D eigenvalue weighted by molar-refractivity contribution is 9.10. The molecule has 2 aromatic carbocycles. The first kappa shape index (κ1) is 18.7. The molecule has 0 saturated carbocycles. The summed E-state index contributed by atoms with van der Waals surface area (Å²) in [6.07, 6.45) is 1.56. The maximum atomic E-state index is 13.5. The highest BCUT2D eigenvalue weighted by atomic mass is 79.9. The standard InChI is InChI=1S/C23H16BrNO5/c1-28-15-7-4-13(5-8-15)20-19-21(26)17-11-14(24)6-9-18(17)30-22(19)23(27)25(20)12-16-3-2-10-29-16/h2-11,20H,12H2,1H3/t20-/m0/s1. The van der Waals surface area contributed by atoms with Crippen molar-refractivity contribution in [2.45, 2.75) is 12.6 Å². The van der Waals surface area contributed by atoms with Crippen LogP contribution >= 0.6 is 15.9 Å². The van der Waals surface area contributed by atoms with Crippen molar-refractivity contribution in [3.63, 3.8) is 0 Å². The zero-order valence-corrected chi connectivity index (χ0v) is 17.5. The van der Waals surface area contributed by atoms with Crippen LogP contribution < -0.4 is 10.2 Å². The Morgan fingerprint density at radius 2 is 1.90 bits per heavy atom. The Hall–Kier alpha value is -3.32. The summed E-state index contributed by atoms with van der Waals surface area (Å²) in [5, 5.41) is 0.425. The van der Waals surface area contributed by atoms with Gasteiger partial charge in [0.05, 0.1) is 36.9 Å². The molecule has 3 heterocycles. The van der Waals surface area contributed by atoms with Gasteiger partial charge in [-0.3, -0.25) is 9.59 Å². The monoisotopic (exact) mass is 465 g/mol. The van der Waals surface area contributed by atoms with Gasteiger partial charge in [0.15, 0.2) is 5.43 Å². The maximum absolute atomic E-state index is 13.5. The van der Waals surface area contributed by atoms with E-state index < -0.39 is 6.04 Å². The number of carbonyl (C=O) groups is 1. The summed E-state index contributed by atoms with van der Waals surface area (Å²) in [5.41, 5.74) is 1.28. The lowest BCUT2D eigenvalue weighted by Crippen LogP contribution is -2.29. The molecule has 0 fully saturated rings. The van der Waals surface area contributed by atoms with Crippen LogP contribution in [-0.4, -0.2) is 17.9 Å². The van der Waals surface area contributed by atoms with Gasteiger partial charge in [0, 0.05) is 4.47 Å². The van der Waals surface area contributed by atoms with Crippen molar-refractivity contribution in [3.8, 4) is 5.75 Å². The van der Waals surface area contributed by atoms with Crippen molar-refractivity contribution < 1.29 is 18.4 Å². The van der Waals surface area contributed by atoms with Crippen LogP contribution in [0, 0.1) is 0 Å². The van der Waals surface area contributed by atoms with Crippen LogP contribution in [-0.2, 0) is 6.54 Å². The largest absolute Gasteiger partial charge is 0.497 e. The Balaban J connectivity index is 1.73. The lowest BCUT2D eigenvalue weighted by Gasteiger charge is -2.24. The average Bonchev–Trinajstić information content (AvgIpc) is 3.37. The number of methoxy groups -OCH3 is 1. The number of fused-ring (bicyclic) bond motifs is 2. The van der Waals surface area contributed by atoms with Crippen molar-refractivity contribution in [2.24, 2.45) is 0 Å². The van der Waals surface area contributed by atoms with E-state index in [-0.39, 0.29) is 23.6 Å². The minimum Gasteiger partial charge on any atom is -0.497 e. The number of nitrogens with zero attached hydrogens (tertiary/aromatic N) is 1. The van der Waals surface area contributed by atoms with Gasteiger partial charge < -0.3 is 18.5 Å². The van der Waals surface area contributed by atoms with Crippen molar-refractivity contribution in [1.82, 2.24) is 4.90 Å². The molecule has 1 aliphatic heterocycles. The molecule has 6 nitrogen and oxygen atoms in total. The van der Waals surface area contributed by atoms with Crippen LogP contribution in [0.3, 0.4) is 0 Å². The van der Waals surface area contributed by atoms with E-state index in [4.69, 9.17) is 13.6 Å². The quantitative estimate of drug-likeness (QED) is 0.428. The van der Waals surface area contributed by atoms with E-state index in [1.54, 1.807) is 48.6 Å². The number of furan rings is 1. The number of ether oxygens (including phenoxy) is 1. The molecule has 0 N–H and O–H groups in total. The fourth-order valence-electron chi connectivity index (χ4n) is 3.86. The Bertz CT molecular complexity index is 1310. The molecule has 2 aromatic heterocycles. The third-order valence-corrected chi connectivity index (χ3v) is 5.76. The molecule has 1 amide bonds. The highest BCUT2D eigenvalue weighted by Crippen LogP contribution is 2.39. The fraction of sp³-hybridized carbons (Fsp3) is 0.130. The zero-order chi connectivity index (χ0) is 20.8. The lowest BCUT2D eigenvalue weighted by molar-refractivity contribution is 0.0701. The van der Waals surface area contributed by atoms with Gasteiger partial charge in [-0.05, 0) is 48.0 Å². The topological polar surface area (TPSA) is 72.9 Å². The number of hydrogen-bond acceptors (Lipinski definition) is 5. The second-order valence-corrected chi connectivity index (χ2v) is 7.92. The van der Waals surface area contributed by atoms with Gasteiger partial charge in [0.2, 0.25) is 5.76 Å². The molecule has 1 atom stereocenters. The normalized spacial score (nSPS) is 15.6. The van der Waals surface area contributed by atoms with E-state index in [1.165, 1.54) is 0 Å². The molecule has 30 heavy (non-hydrogen) atoms. The number of rotatable bonds is 4. The van der Waals surface area contributed by atoms with E-state index in [0.717, 1.165) is 10.0 Å². The van der Waals surface area contributed by atoms with Crippen LogP contribution in [0.5, 0.6) is 5.75 Å². The van der Waals surface area contributed by atoms with Crippen molar-refractivity contribution in [3.05, 3.63) is 98.2 Å². The summed E-state index contributed by atoms with van der Waals surface area (Å²) in [6, 6.07) is 15.5. The molecule has 0 spiro atoms. The number of carbonyl (C=O) groups excluding carboxylic acids is 1. The van der Waals surface area contributed by atoms with Gasteiger partial charge in [0.1, 0.15) is 17.1 Å². The third kappa shape index (κ3) is 2.93. The predicted molar refractivity (Wildman–Crippen MR) is 114 cm³/mol. The first-order valence-electron chi connectivity index (χ1n) is 9.30. The Morgan fingerprint density at radius 1 is 1.10 bits per heavy atom. The third-order valence-electron chi connectivity index (χ3n) is 5.27. The molecule has 1 aliphatic rings. The Morgan fingerprint density at radius 3 is 2.60 bits per heavy atom. The van der Waals surface area contributed by atoms with Crippen LogP contribution in [0.25, 0.3) is 11.0 Å². The molecule has 7 heteroatoms. The second-order valence-electron chi connectivity index (χ2n) is 7.00. The zero-order valence-electron chi connectivity index (χ0n) is 15.9. The van der Waals surface area contributed by atoms with Crippen molar-refractivity contribution in [1.29, 1.82) is 0 Å². The molecule has 4 aromatic rings. The second kappa shape index (κ2) is 7.18. The molecule has 0 radical (unpaired) electrons. The smallest absolute Gasteiger partial charge is 0.291 e. The SMILES string of the molecule is COc1ccc([C@H]2c3c(oc4ccc(Br)cc4c3=O)C(=O)N2Cc2ccco2)cc1. The Kier molecular flexibility index (Phi) is 4.47. The lowest BCUT2D eigenvalue weighted by atomic mass is 9.98. The highest BCUT2D eigenvalue weighted by Gasteiger charge is 2.43. The number of benzene rings is 2. The molecule has 150 valence electrons.